The number of benzene rings is 3. The SMILES string of the molecule is COc1ccc(C)cc1Nc1nc(NN=C2CCc3cc(OC)c(OC)cc32)cc(NN=C2CCc3cc(OC)c(OC)cc32)n1. The van der Waals surface area contributed by atoms with Crippen LogP contribution in [0.4, 0.5) is 23.3 Å². The quantitative estimate of drug-likeness (QED) is 0.168. The molecule has 12 nitrogen and oxygen atoms in total. The van der Waals surface area contributed by atoms with Gasteiger partial charge in [0.15, 0.2) is 34.6 Å². The van der Waals surface area contributed by atoms with Crippen molar-refractivity contribution in [3.05, 3.63) is 76.3 Å². The average Bonchev–Trinajstić information content (AvgIpc) is 3.67. The van der Waals surface area contributed by atoms with Crippen molar-refractivity contribution in [1.82, 2.24) is 9.97 Å². The van der Waals surface area contributed by atoms with Crippen LogP contribution in [0.3, 0.4) is 0 Å². The van der Waals surface area contributed by atoms with Crippen LogP contribution in [0.1, 0.15) is 40.7 Å². The number of hydrogen-bond acceptors (Lipinski definition) is 12. The minimum absolute atomic E-state index is 0.341. The molecule has 4 aromatic rings. The van der Waals surface area contributed by atoms with Gasteiger partial charge in [-0.1, -0.05) is 6.07 Å². The lowest BCUT2D eigenvalue weighted by Gasteiger charge is -2.13. The van der Waals surface area contributed by atoms with Crippen LogP contribution in [0.25, 0.3) is 0 Å². The summed E-state index contributed by atoms with van der Waals surface area (Å²) >= 11 is 0. The number of hydrazone groups is 2. The maximum absolute atomic E-state index is 5.57. The number of anilines is 4. The molecule has 3 N–H and O–H groups in total. The first-order chi connectivity index (χ1) is 22.4. The second-order valence-electron chi connectivity index (χ2n) is 10.9. The van der Waals surface area contributed by atoms with Gasteiger partial charge in [0, 0.05) is 17.2 Å². The molecule has 0 fully saturated rings. The highest BCUT2D eigenvalue weighted by molar-refractivity contribution is 6.06. The predicted octanol–water partition coefficient (Wildman–Crippen LogP) is 6.10. The van der Waals surface area contributed by atoms with Crippen LogP contribution in [-0.4, -0.2) is 56.9 Å². The third kappa shape index (κ3) is 6.19. The Bertz CT molecular complexity index is 1740. The number of fused-ring (bicyclic) bond motifs is 2. The van der Waals surface area contributed by atoms with Gasteiger partial charge < -0.3 is 29.0 Å². The zero-order chi connectivity index (χ0) is 32.2. The summed E-state index contributed by atoms with van der Waals surface area (Å²) in [5.74, 6) is 4.69. The highest BCUT2D eigenvalue weighted by Gasteiger charge is 2.23. The van der Waals surface area contributed by atoms with Gasteiger partial charge in [0.1, 0.15) is 5.75 Å². The van der Waals surface area contributed by atoms with Crippen LogP contribution in [0.2, 0.25) is 0 Å². The topological polar surface area (TPSA) is 133 Å². The molecular formula is C34H37N7O5. The highest BCUT2D eigenvalue weighted by Crippen LogP contribution is 2.36. The van der Waals surface area contributed by atoms with E-state index in [2.05, 4.69) is 16.2 Å². The van der Waals surface area contributed by atoms with Gasteiger partial charge in [-0.05, 0) is 85.7 Å². The van der Waals surface area contributed by atoms with Crippen LogP contribution >= 0.6 is 0 Å². The molecule has 2 aliphatic rings. The number of methoxy groups -OCH3 is 5. The Morgan fingerprint density at radius 3 is 1.52 bits per heavy atom. The molecule has 0 bridgehead atoms. The van der Waals surface area contributed by atoms with E-state index in [1.165, 1.54) is 0 Å². The van der Waals surface area contributed by atoms with E-state index in [9.17, 15) is 0 Å². The Kier molecular flexibility index (Phi) is 8.77. The van der Waals surface area contributed by atoms with E-state index in [4.69, 9.17) is 43.9 Å². The molecule has 2 aliphatic carbocycles. The molecule has 0 saturated heterocycles. The van der Waals surface area contributed by atoms with Crippen LogP contribution in [-0.2, 0) is 12.8 Å². The first kappa shape index (κ1) is 30.5. The molecular weight excluding hydrogens is 586 g/mol. The molecule has 46 heavy (non-hydrogen) atoms. The maximum atomic E-state index is 5.57. The molecule has 238 valence electrons. The van der Waals surface area contributed by atoms with Crippen LogP contribution in [0.5, 0.6) is 28.7 Å². The lowest BCUT2D eigenvalue weighted by molar-refractivity contribution is 0.354. The fourth-order valence-corrected chi connectivity index (χ4v) is 5.71. The summed E-state index contributed by atoms with van der Waals surface area (Å²) in [5, 5.41) is 12.8. The lowest BCUT2D eigenvalue weighted by atomic mass is 10.1. The van der Waals surface area contributed by atoms with E-state index in [-0.39, 0.29) is 0 Å². The van der Waals surface area contributed by atoms with Crippen molar-refractivity contribution in [1.29, 1.82) is 0 Å². The summed E-state index contributed by atoms with van der Waals surface area (Å²) in [6, 6.07) is 15.6. The van der Waals surface area contributed by atoms with Crippen molar-refractivity contribution in [2.75, 3.05) is 51.7 Å². The Labute approximate surface area is 267 Å². The Balaban J connectivity index is 1.32. The third-order valence-electron chi connectivity index (χ3n) is 8.04. The number of hydrogen-bond donors (Lipinski definition) is 3. The Morgan fingerprint density at radius 1 is 0.565 bits per heavy atom. The highest BCUT2D eigenvalue weighted by atomic mass is 16.5. The zero-order valence-electron chi connectivity index (χ0n) is 26.8. The first-order valence-electron chi connectivity index (χ1n) is 14.9. The molecule has 12 heteroatoms. The summed E-state index contributed by atoms with van der Waals surface area (Å²) < 4.78 is 27.6. The number of aromatic nitrogens is 2. The molecule has 0 unspecified atom stereocenters. The Hall–Kier alpha value is -5.52. The number of rotatable bonds is 11. The molecule has 0 spiro atoms. The summed E-state index contributed by atoms with van der Waals surface area (Å²) in [7, 11) is 8.16. The van der Waals surface area contributed by atoms with E-state index in [0.29, 0.717) is 46.3 Å². The number of nitrogens with zero attached hydrogens (tertiary/aromatic N) is 4. The fraction of sp³-hybridized carbons (Fsp3) is 0.294. The van der Waals surface area contributed by atoms with E-state index in [1.54, 1.807) is 41.6 Å². The third-order valence-corrected chi connectivity index (χ3v) is 8.04. The second-order valence-corrected chi connectivity index (χ2v) is 10.9. The van der Waals surface area contributed by atoms with Gasteiger partial charge in [-0.3, -0.25) is 10.9 Å². The van der Waals surface area contributed by atoms with Gasteiger partial charge in [0.2, 0.25) is 5.95 Å². The summed E-state index contributed by atoms with van der Waals surface area (Å²) in [4.78, 5) is 9.42. The molecule has 0 atom stereocenters. The molecule has 6 rings (SSSR count). The van der Waals surface area contributed by atoms with E-state index < -0.39 is 0 Å². The molecule has 0 saturated carbocycles. The molecule has 3 aromatic carbocycles. The normalized spacial score (nSPS) is 14.9. The van der Waals surface area contributed by atoms with Crippen molar-refractivity contribution < 1.29 is 23.7 Å². The van der Waals surface area contributed by atoms with E-state index in [1.807, 2.05) is 49.4 Å². The minimum atomic E-state index is 0.341. The molecule has 0 radical (unpaired) electrons. The van der Waals surface area contributed by atoms with Crippen LogP contribution < -0.4 is 39.9 Å². The smallest absolute Gasteiger partial charge is 0.231 e. The van der Waals surface area contributed by atoms with Gasteiger partial charge in [-0.15, -0.1) is 0 Å². The van der Waals surface area contributed by atoms with Crippen molar-refractivity contribution in [2.24, 2.45) is 10.2 Å². The largest absolute Gasteiger partial charge is 0.495 e. The molecule has 0 amide bonds. The summed E-state index contributed by atoms with van der Waals surface area (Å²) in [5.41, 5.74) is 14.2. The predicted molar refractivity (Wildman–Crippen MR) is 179 cm³/mol. The van der Waals surface area contributed by atoms with E-state index in [0.717, 1.165) is 70.6 Å². The van der Waals surface area contributed by atoms with Crippen LogP contribution in [0.15, 0.2) is 58.7 Å². The van der Waals surface area contributed by atoms with Gasteiger partial charge in [0.25, 0.3) is 0 Å². The van der Waals surface area contributed by atoms with Crippen LogP contribution in [0, 0.1) is 6.92 Å². The van der Waals surface area contributed by atoms with Crippen molar-refractivity contribution in [3.8, 4) is 28.7 Å². The molecule has 0 aliphatic heterocycles. The van der Waals surface area contributed by atoms with Gasteiger partial charge in [-0.25, -0.2) is 0 Å². The average molecular weight is 624 g/mol. The van der Waals surface area contributed by atoms with Gasteiger partial charge in [0.05, 0.1) is 52.7 Å². The van der Waals surface area contributed by atoms with Crippen molar-refractivity contribution in [2.45, 2.75) is 32.6 Å². The Morgan fingerprint density at radius 2 is 1.04 bits per heavy atom. The van der Waals surface area contributed by atoms with Gasteiger partial charge in [-0.2, -0.15) is 20.2 Å². The van der Waals surface area contributed by atoms with Crippen molar-refractivity contribution in [3.63, 3.8) is 0 Å². The second kappa shape index (κ2) is 13.2. The maximum Gasteiger partial charge on any atom is 0.231 e. The minimum Gasteiger partial charge on any atom is -0.495 e. The molecule has 1 aromatic heterocycles. The zero-order valence-corrected chi connectivity index (χ0v) is 26.8. The standard InChI is InChI=1S/C34H37N7O5/c1-19-7-12-27(42-2)26(13-19)35-34-36-32(40-38-24-10-8-20-14-28(43-3)30(45-5)16-22(20)24)18-33(37-34)41-39-25-11-9-21-15-29(44-4)31(46-6)17-23(21)25/h7,12-18H,8-11H2,1-6H3,(H3,35,36,37,40,41). The number of ether oxygens (including phenoxy) is 5. The molecule has 1 heterocycles. The fourth-order valence-electron chi connectivity index (χ4n) is 5.71. The lowest BCUT2D eigenvalue weighted by Crippen LogP contribution is -2.07. The van der Waals surface area contributed by atoms with Gasteiger partial charge >= 0.3 is 0 Å². The monoisotopic (exact) mass is 623 g/mol. The summed E-state index contributed by atoms with van der Waals surface area (Å²) in [6.45, 7) is 2.01. The van der Waals surface area contributed by atoms with Crippen molar-refractivity contribution >= 4 is 34.7 Å². The number of aryl methyl sites for hydroxylation is 3. The number of nitrogens with one attached hydrogen (secondary N) is 3. The summed E-state index contributed by atoms with van der Waals surface area (Å²) in [6.07, 6.45) is 3.23. The first-order valence-corrected chi connectivity index (χ1v) is 14.9. The van der Waals surface area contributed by atoms with E-state index >= 15 is 0 Å².